The number of benzene rings is 2. The lowest BCUT2D eigenvalue weighted by Gasteiger charge is -2.30. The van der Waals surface area contributed by atoms with Gasteiger partial charge in [0.1, 0.15) is 11.7 Å². The van der Waals surface area contributed by atoms with E-state index in [0.717, 1.165) is 5.56 Å². The number of aliphatic imine (C=N–C) groups is 1. The van der Waals surface area contributed by atoms with Crippen LogP contribution in [0.2, 0.25) is 0 Å². The van der Waals surface area contributed by atoms with Crippen LogP contribution < -0.4 is 10.1 Å². The Balaban J connectivity index is 1.58. The van der Waals surface area contributed by atoms with E-state index in [1.807, 2.05) is 49.4 Å². The summed E-state index contributed by atoms with van der Waals surface area (Å²) in [6, 6.07) is 20.2. The zero-order valence-corrected chi connectivity index (χ0v) is 17.6. The minimum Gasteiger partial charge on any atom is -0.495 e. The highest BCUT2D eigenvalue weighted by atomic mass is 16.5. The monoisotopic (exact) mass is 427 g/mol. The highest BCUT2D eigenvalue weighted by Gasteiger charge is 2.39. The average Bonchev–Trinajstić information content (AvgIpc) is 3.49. The van der Waals surface area contributed by atoms with E-state index in [2.05, 4.69) is 20.4 Å². The number of nitrogens with one attached hydrogen (secondary N) is 1. The maximum atomic E-state index is 13.5. The van der Waals surface area contributed by atoms with Gasteiger partial charge in [0.05, 0.1) is 25.1 Å². The molecule has 1 amide bonds. The summed E-state index contributed by atoms with van der Waals surface area (Å²) in [7, 11) is 1.57. The summed E-state index contributed by atoms with van der Waals surface area (Å²) >= 11 is 0. The van der Waals surface area contributed by atoms with Crippen molar-refractivity contribution in [3.8, 4) is 17.3 Å². The van der Waals surface area contributed by atoms with Crippen molar-refractivity contribution in [1.82, 2.24) is 14.8 Å². The molecular weight excluding hydrogens is 406 g/mol. The SMILES string of the molecule is COc1ccccc1NC(=O)C1C(C)=Nc2nc(-c3ccco3)nn2C1c1ccccc1. The number of hydrogen-bond acceptors (Lipinski definition) is 6. The Hall–Kier alpha value is -4.20. The fourth-order valence-electron chi connectivity index (χ4n) is 3.96. The lowest BCUT2D eigenvalue weighted by molar-refractivity contribution is -0.118. The third kappa shape index (κ3) is 3.45. The minimum absolute atomic E-state index is 0.203. The molecule has 2 unspecified atom stereocenters. The zero-order chi connectivity index (χ0) is 22.1. The first-order chi connectivity index (χ1) is 15.7. The third-order valence-corrected chi connectivity index (χ3v) is 5.45. The molecule has 2 aromatic carbocycles. The van der Waals surface area contributed by atoms with Crippen LogP contribution in [0.25, 0.3) is 11.6 Å². The van der Waals surface area contributed by atoms with E-state index in [9.17, 15) is 4.79 Å². The van der Waals surface area contributed by atoms with Crippen LogP contribution >= 0.6 is 0 Å². The molecule has 0 radical (unpaired) electrons. The van der Waals surface area contributed by atoms with Crippen LogP contribution in [0.3, 0.4) is 0 Å². The van der Waals surface area contributed by atoms with Crippen LogP contribution in [-0.4, -0.2) is 33.5 Å². The van der Waals surface area contributed by atoms with E-state index in [4.69, 9.17) is 9.15 Å². The number of anilines is 1. The molecule has 0 aliphatic carbocycles. The number of hydrogen-bond donors (Lipinski definition) is 1. The summed E-state index contributed by atoms with van der Waals surface area (Å²) in [5.74, 6) is 1.19. The van der Waals surface area contributed by atoms with Gasteiger partial charge in [0.25, 0.3) is 0 Å². The fraction of sp³-hybridized carbons (Fsp3) is 0.167. The molecule has 2 atom stereocenters. The van der Waals surface area contributed by atoms with Gasteiger partial charge in [0, 0.05) is 5.71 Å². The second-order valence-corrected chi connectivity index (χ2v) is 7.43. The van der Waals surface area contributed by atoms with E-state index in [1.165, 1.54) is 0 Å². The maximum Gasteiger partial charge on any atom is 0.249 e. The Kier molecular flexibility index (Phi) is 5.03. The minimum atomic E-state index is -0.596. The van der Waals surface area contributed by atoms with E-state index in [1.54, 1.807) is 42.3 Å². The number of ether oxygens (including phenoxy) is 1. The molecule has 1 aliphatic heterocycles. The third-order valence-electron chi connectivity index (χ3n) is 5.45. The molecule has 4 aromatic rings. The standard InChI is InChI=1S/C24H21N5O3/c1-15-20(23(30)26-17-11-6-7-12-18(17)31-2)21(16-9-4-3-5-10-16)29-24(25-15)27-22(28-29)19-13-8-14-32-19/h3-14,20-21H,1-2H3,(H,26,30). The van der Waals surface area contributed by atoms with E-state index >= 15 is 0 Å². The summed E-state index contributed by atoms with van der Waals surface area (Å²) in [6.07, 6.45) is 1.57. The fourth-order valence-corrected chi connectivity index (χ4v) is 3.96. The molecule has 5 rings (SSSR count). The summed E-state index contributed by atoms with van der Waals surface area (Å²) in [4.78, 5) is 22.7. The lowest BCUT2D eigenvalue weighted by Crippen LogP contribution is -2.39. The smallest absolute Gasteiger partial charge is 0.249 e. The quantitative estimate of drug-likeness (QED) is 0.506. The maximum absolute atomic E-state index is 13.5. The zero-order valence-electron chi connectivity index (χ0n) is 17.6. The highest BCUT2D eigenvalue weighted by Crippen LogP contribution is 2.37. The topological polar surface area (TPSA) is 94.5 Å². The first-order valence-electron chi connectivity index (χ1n) is 10.2. The van der Waals surface area contributed by atoms with Crippen molar-refractivity contribution in [2.24, 2.45) is 10.9 Å². The second-order valence-electron chi connectivity index (χ2n) is 7.43. The molecule has 0 saturated heterocycles. The Bertz CT molecular complexity index is 1280. The van der Waals surface area contributed by atoms with Crippen molar-refractivity contribution in [3.63, 3.8) is 0 Å². The number of fused-ring (bicyclic) bond motifs is 1. The van der Waals surface area contributed by atoms with Crippen LogP contribution in [0.5, 0.6) is 5.75 Å². The van der Waals surface area contributed by atoms with Gasteiger partial charge in [0.2, 0.25) is 17.7 Å². The number of carbonyl (C=O) groups excluding carboxylic acids is 1. The molecular formula is C24H21N5O3. The van der Waals surface area contributed by atoms with Gasteiger partial charge in [-0.1, -0.05) is 42.5 Å². The van der Waals surface area contributed by atoms with Crippen LogP contribution in [0.15, 0.2) is 82.4 Å². The van der Waals surface area contributed by atoms with Gasteiger partial charge in [-0.2, -0.15) is 4.98 Å². The second kappa shape index (κ2) is 8.14. The van der Waals surface area contributed by atoms with Gasteiger partial charge in [-0.05, 0) is 36.8 Å². The summed E-state index contributed by atoms with van der Waals surface area (Å²) in [5, 5.41) is 7.66. The Morgan fingerprint density at radius 1 is 1.06 bits per heavy atom. The number of amides is 1. The van der Waals surface area contributed by atoms with Crippen LogP contribution in [0, 0.1) is 5.92 Å². The van der Waals surface area contributed by atoms with Gasteiger partial charge < -0.3 is 14.5 Å². The summed E-state index contributed by atoms with van der Waals surface area (Å²) in [5.41, 5.74) is 2.18. The number of rotatable bonds is 5. The summed E-state index contributed by atoms with van der Waals surface area (Å²) in [6.45, 7) is 1.84. The Morgan fingerprint density at radius 3 is 2.59 bits per heavy atom. The molecule has 160 valence electrons. The molecule has 2 aromatic heterocycles. The van der Waals surface area contributed by atoms with E-state index < -0.39 is 12.0 Å². The molecule has 0 bridgehead atoms. The lowest BCUT2D eigenvalue weighted by atomic mass is 9.87. The first-order valence-corrected chi connectivity index (χ1v) is 10.2. The number of furan rings is 1. The Morgan fingerprint density at radius 2 is 1.84 bits per heavy atom. The molecule has 0 fully saturated rings. The predicted molar refractivity (Wildman–Crippen MR) is 120 cm³/mol. The van der Waals surface area contributed by atoms with Gasteiger partial charge in [0.15, 0.2) is 5.76 Å². The number of methoxy groups -OCH3 is 1. The van der Waals surface area contributed by atoms with Crippen molar-refractivity contribution < 1.29 is 13.9 Å². The van der Waals surface area contributed by atoms with Gasteiger partial charge in [-0.15, -0.1) is 5.10 Å². The molecule has 1 aliphatic rings. The van der Waals surface area contributed by atoms with Crippen LogP contribution in [0.4, 0.5) is 11.6 Å². The molecule has 0 spiro atoms. The number of aromatic nitrogens is 3. The van der Waals surface area contributed by atoms with Gasteiger partial charge in [-0.25, -0.2) is 9.67 Å². The van der Waals surface area contributed by atoms with Crippen molar-refractivity contribution in [1.29, 1.82) is 0 Å². The molecule has 1 N–H and O–H groups in total. The predicted octanol–water partition coefficient (Wildman–Crippen LogP) is 4.50. The molecule has 3 heterocycles. The van der Waals surface area contributed by atoms with E-state index in [0.29, 0.717) is 34.7 Å². The van der Waals surface area contributed by atoms with Crippen LogP contribution in [-0.2, 0) is 4.79 Å². The average molecular weight is 427 g/mol. The van der Waals surface area contributed by atoms with Crippen molar-refractivity contribution >= 4 is 23.3 Å². The first kappa shape index (κ1) is 19.7. The number of nitrogens with zero attached hydrogens (tertiary/aromatic N) is 4. The largest absolute Gasteiger partial charge is 0.495 e. The number of carbonyl (C=O) groups is 1. The van der Waals surface area contributed by atoms with Crippen molar-refractivity contribution in [2.45, 2.75) is 13.0 Å². The molecule has 32 heavy (non-hydrogen) atoms. The normalized spacial score (nSPS) is 17.4. The highest BCUT2D eigenvalue weighted by molar-refractivity contribution is 6.10. The van der Waals surface area contributed by atoms with Crippen molar-refractivity contribution in [2.75, 3.05) is 12.4 Å². The molecule has 0 saturated carbocycles. The van der Waals surface area contributed by atoms with Crippen LogP contribution in [0.1, 0.15) is 18.5 Å². The summed E-state index contributed by atoms with van der Waals surface area (Å²) < 4.78 is 12.6. The van der Waals surface area contributed by atoms with Crippen molar-refractivity contribution in [3.05, 3.63) is 78.6 Å². The Labute approximate surface area is 184 Å². The van der Waals surface area contributed by atoms with Gasteiger partial charge >= 0.3 is 0 Å². The molecule has 8 heteroatoms. The van der Waals surface area contributed by atoms with E-state index in [-0.39, 0.29) is 5.91 Å². The molecule has 8 nitrogen and oxygen atoms in total. The number of para-hydroxylation sites is 2. The van der Waals surface area contributed by atoms with Gasteiger partial charge in [-0.3, -0.25) is 4.79 Å².